The zero-order valence-corrected chi connectivity index (χ0v) is 11.6. The second-order valence-corrected chi connectivity index (χ2v) is 4.83. The van der Waals surface area contributed by atoms with E-state index in [1.807, 2.05) is 0 Å². The van der Waals surface area contributed by atoms with Crippen molar-refractivity contribution in [1.29, 1.82) is 0 Å². The number of nitrogens with zero attached hydrogens (tertiary/aromatic N) is 2. The van der Waals surface area contributed by atoms with Crippen molar-refractivity contribution in [2.24, 2.45) is 0 Å². The lowest BCUT2D eigenvalue weighted by Crippen LogP contribution is -2.35. The molecule has 0 radical (unpaired) electrons. The summed E-state index contributed by atoms with van der Waals surface area (Å²) in [5.41, 5.74) is 0.282. The Bertz CT molecular complexity index is 573. The third-order valence-electron chi connectivity index (χ3n) is 3.28. The summed E-state index contributed by atoms with van der Waals surface area (Å²) in [6.45, 7) is 4.15. The van der Waals surface area contributed by atoms with Crippen LogP contribution in [-0.4, -0.2) is 42.3 Å². The molecule has 2 aromatic rings. The van der Waals surface area contributed by atoms with Crippen molar-refractivity contribution in [3.05, 3.63) is 41.7 Å². The van der Waals surface area contributed by atoms with Crippen molar-refractivity contribution >= 4 is 5.91 Å². The fourth-order valence-electron chi connectivity index (χ4n) is 2.15. The van der Waals surface area contributed by atoms with Crippen molar-refractivity contribution < 1.29 is 18.5 Å². The number of amides is 1. The summed E-state index contributed by atoms with van der Waals surface area (Å²) in [5, 5.41) is 6.54. The van der Waals surface area contributed by atoms with Crippen LogP contribution in [0, 0.1) is 0 Å². The Labute approximate surface area is 121 Å². The lowest BCUT2D eigenvalue weighted by Gasteiger charge is -2.25. The van der Waals surface area contributed by atoms with Crippen molar-refractivity contribution in [2.75, 3.05) is 26.3 Å². The van der Waals surface area contributed by atoms with Crippen LogP contribution >= 0.6 is 0 Å². The van der Waals surface area contributed by atoms with Crippen LogP contribution in [-0.2, 0) is 17.8 Å². The van der Waals surface area contributed by atoms with Gasteiger partial charge in [0.05, 0.1) is 32.6 Å². The van der Waals surface area contributed by atoms with Crippen LogP contribution in [0.25, 0.3) is 0 Å². The van der Waals surface area contributed by atoms with Gasteiger partial charge < -0.3 is 19.0 Å². The molecule has 0 saturated carbocycles. The fraction of sp³-hybridized carbons (Fsp3) is 0.429. The van der Waals surface area contributed by atoms with E-state index >= 15 is 0 Å². The second-order valence-electron chi connectivity index (χ2n) is 4.83. The average molecular weight is 291 g/mol. The number of furan rings is 1. The molecule has 0 spiro atoms. The normalized spacial score (nSPS) is 16.0. The summed E-state index contributed by atoms with van der Waals surface area (Å²) in [5.74, 6) is 1.10. The highest BCUT2D eigenvalue weighted by atomic mass is 16.5. The van der Waals surface area contributed by atoms with Crippen LogP contribution in [0.1, 0.15) is 22.0 Å². The van der Waals surface area contributed by atoms with Gasteiger partial charge >= 0.3 is 0 Å². The number of ether oxygens (including phenoxy) is 1. The lowest BCUT2D eigenvalue weighted by atomic mass is 10.3. The van der Waals surface area contributed by atoms with E-state index in [1.165, 1.54) is 0 Å². The number of morpholine rings is 1. The minimum Gasteiger partial charge on any atom is -0.467 e. The van der Waals surface area contributed by atoms with E-state index in [0.29, 0.717) is 24.6 Å². The summed E-state index contributed by atoms with van der Waals surface area (Å²) in [7, 11) is 0. The predicted molar refractivity (Wildman–Crippen MR) is 72.5 cm³/mol. The summed E-state index contributed by atoms with van der Waals surface area (Å²) in [4.78, 5) is 14.1. The minimum absolute atomic E-state index is 0.275. The molecule has 1 saturated heterocycles. The van der Waals surface area contributed by atoms with E-state index in [4.69, 9.17) is 13.7 Å². The molecular formula is C14H17N3O4. The molecule has 0 atom stereocenters. The average Bonchev–Trinajstić information content (AvgIpc) is 3.17. The van der Waals surface area contributed by atoms with Crippen molar-refractivity contribution in [1.82, 2.24) is 15.4 Å². The first kappa shape index (κ1) is 13.8. The van der Waals surface area contributed by atoms with Crippen molar-refractivity contribution in [3.8, 4) is 0 Å². The van der Waals surface area contributed by atoms with Gasteiger partial charge in [-0.3, -0.25) is 9.69 Å². The van der Waals surface area contributed by atoms with Gasteiger partial charge in [0.15, 0.2) is 11.5 Å². The molecule has 0 bridgehead atoms. The second kappa shape index (κ2) is 6.55. The highest BCUT2D eigenvalue weighted by molar-refractivity contribution is 5.92. The molecule has 7 heteroatoms. The number of rotatable bonds is 5. The van der Waals surface area contributed by atoms with E-state index in [-0.39, 0.29) is 11.6 Å². The molecular weight excluding hydrogens is 274 g/mol. The van der Waals surface area contributed by atoms with Gasteiger partial charge in [0.25, 0.3) is 5.91 Å². The first-order valence-corrected chi connectivity index (χ1v) is 6.87. The van der Waals surface area contributed by atoms with Crippen LogP contribution in [0.3, 0.4) is 0 Å². The Morgan fingerprint density at radius 2 is 2.19 bits per heavy atom. The molecule has 1 aliphatic heterocycles. The zero-order chi connectivity index (χ0) is 14.5. The molecule has 1 amide bonds. The maximum atomic E-state index is 11.9. The van der Waals surface area contributed by atoms with Crippen LogP contribution in [0.5, 0.6) is 0 Å². The zero-order valence-electron chi connectivity index (χ0n) is 11.6. The summed E-state index contributed by atoms with van der Waals surface area (Å²) < 4.78 is 15.6. The number of aromatic nitrogens is 1. The van der Waals surface area contributed by atoms with Gasteiger partial charge in [0, 0.05) is 19.2 Å². The van der Waals surface area contributed by atoms with Crippen LogP contribution in [0.15, 0.2) is 33.4 Å². The lowest BCUT2D eigenvalue weighted by molar-refractivity contribution is 0.0305. The third kappa shape index (κ3) is 3.71. The third-order valence-corrected chi connectivity index (χ3v) is 3.28. The Balaban J connectivity index is 1.52. The quantitative estimate of drug-likeness (QED) is 0.886. The van der Waals surface area contributed by atoms with E-state index in [9.17, 15) is 4.79 Å². The molecule has 7 nitrogen and oxygen atoms in total. The molecule has 1 fully saturated rings. The van der Waals surface area contributed by atoms with Crippen molar-refractivity contribution in [3.63, 3.8) is 0 Å². The monoisotopic (exact) mass is 291 g/mol. The maximum Gasteiger partial charge on any atom is 0.273 e. The summed E-state index contributed by atoms with van der Waals surface area (Å²) in [6.07, 6.45) is 1.57. The molecule has 0 aromatic carbocycles. The van der Waals surface area contributed by atoms with Crippen LogP contribution < -0.4 is 5.32 Å². The Hall–Kier alpha value is -2.12. The first-order chi connectivity index (χ1) is 10.3. The number of hydrogen-bond acceptors (Lipinski definition) is 6. The molecule has 21 heavy (non-hydrogen) atoms. The molecule has 2 aromatic heterocycles. The number of hydrogen-bond donors (Lipinski definition) is 1. The minimum atomic E-state index is -0.275. The molecule has 3 heterocycles. The fourth-order valence-corrected chi connectivity index (χ4v) is 2.15. The standard InChI is InChI=1S/C14H17N3O4/c18-14(15-9-11-2-1-5-20-11)13-8-12(21-16-13)10-17-3-6-19-7-4-17/h1-2,5,8H,3-4,6-7,9-10H2,(H,15,18). The Kier molecular flexibility index (Phi) is 4.32. The molecule has 3 rings (SSSR count). The highest BCUT2D eigenvalue weighted by Crippen LogP contribution is 2.09. The molecule has 0 aliphatic carbocycles. The van der Waals surface area contributed by atoms with Gasteiger partial charge in [-0.1, -0.05) is 5.16 Å². The Morgan fingerprint density at radius 3 is 2.95 bits per heavy atom. The van der Waals surface area contributed by atoms with E-state index in [2.05, 4.69) is 15.4 Å². The number of carbonyl (C=O) groups excluding carboxylic acids is 1. The topological polar surface area (TPSA) is 80.7 Å². The van der Waals surface area contributed by atoms with Gasteiger partial charge in [-0.2, -0.15) is 0 Å². The first-order valence-electron chi connectivity index (χ1n) is 6.87. The number of nitrogens with one attached hydrogen (secondary N) is 1. The van der Waals surface area contributed by atoms with Gasteiger partial charge in [0.2, 0.25) is 0 Å². The summed E-state index contributed by atoms with van der Waals surface area (Å²) >= 11 is 0. The largest absolute Gasteiger partial charge is 0.467 e. The Morgan fingerprint density at radius 1 is 1.33 bits per heavy atom. The smallest absolute Gasteiger partial charge is 0.273 e. The van der Waals surface area contributed by atoms with E-state index in [1.54, 1.807) is 24.5 Å². The maximum absolute atomic E-state index is 11.9. The molecule has 112 valence electrons. The SMILES string of the molecule is O=C(NCc1ccco1)c1cc(CN2CCOCC2)on1. The van der Waals surface area contributed by atoms with Crippen molar-refractivity contribution in [2.45, 2.75) is 13.1 Å². The van der Waals surface area contributed by atoms with Gasteiger partial charge in [-0.25, -0.2) is 0 Å². The van der Waals surface area contributed by atoms with Gasteiger partial charge in [-0.05, 0) is 12.1 Å². The van der Waals surface area contributed by atoms with Gasteiger partial charge in [-0.15, -0.1) is 0 Å². The van der Waals surface area contributed by atoms with E-state index < -0.39 is 0 Å². The number of carbonyl (C=O) groups is 1. The van der Waals surface area contributed by atoms with Crippen LogP contribution in [0.4, 0.5) is 0 Å². The predicted octanol–water partition coefficient (Wildman–Crippen LogP) is 1.03. The molecule has 0 unspecified atom stereocenters. The molecule has 1 N–H and O–H groups in total. The van der Waals surface area contributed by atoms with Gasteiger partial charge in [0.1, 0.15) is 5.76 Å². The molecule has 1 aliphatic rings. The van der Waals surface area contributed by atoms with Crippen LogP contribution in [0.2, 0.25) is 0 Å². The summed E-state index contributed by atoms with van der Waals surface area (Å²) in [6, 6.07) is 5.25. The highest BCUT2D eigenvalue weighted by Gasteiger charge is 2.16. The van der Waals surface area contributed by atoms with E-state index in [0.717, 1.165) is 26.3 Å².